The van der Waals surface area contributed by atoms with E-state index in [1.54, 1.807) is 0 Å². The average Bonchev–Trinajstić information content (AvgIpc) is 2.44. The summed E-state index contributed by atoms with van der Waals surface area (Å²) >= 11 is 5.68. The van der Waals surface area contributed by atoms with Crippen LogP contribution in [0.25, 0.3) is 0 Å². The van der Waals surface area contributed by atoms with E-state index in [0.29, 0.717) is 11.2 Å². The summed E-state index contributed by atoms with van der Waals surface area (Å²) < 4.78 is 1.04. The van der Waals surface area contributed by atoms with Crippen molar-refractivity contribution in [3.63, 3.8) is 0 Å². The Morgan fingerprint density at radius 2 is 2.15 bits per heavy atom. The van der Waals surface area contributed by atoms with Gasteiger partial charge in [-0.25, -0.2) is 9.97 Å². The molecule has 1 fully saturated rings. The highest BCUT2D eigenvalue weighted by Crippen LogP contribution is 2.38. The first-order chi connectivity index (χ1) is 9.61. The standard InChI is InChI=1S/C15H24BrN3S/c1-4-17-15-13(16)11(9-10(2)3)18-14(19-15)12-7-5-6-8-20-12/h10,12H,4-9H2,1-3H3,(H,17,18,19). The summed E-state index contributed by atoms with van der Waals surface area (Å²) in [6, 6.07) is 0. The number of rotatable bonds is 5. The summed E-state index contributed by atoms with van der Waals surface area (Å²) in [5.74, 6) is 3.81. The first kappa shape index (κ1) is 16.1. The predicted molar refractivity (Wildman–Crippen MR) is 91.5 cm³/mol. The molecular formula is C15H24BrN3S. The van der Waals surface area contributed by atoms with Crippen molar-refractivity contribution >= 4 is 33.5 Å². The van der Waals surface area contributed by atoms with Crippen molar-refractivity contribution in [2.45, 2.75) is 51.7 Å². The molecule has 0 bridgehead atoms. The minimum Gasteiger partial charge on any atom is -0.369 e. The summed E-state index contributed by atoms with van der Waals surface area (Å²) in [6.45, 7) is 7.45. The lowest BCUT2D eigenvalue weighted by molar-refractivity contribution is 0.617. The Morgan fingerprint density at radius 1 is 1.35 bits per heavy atom. The van der Waals surface area contributed by atoms with Crippen LogP contribution < -0.4 is 5.32 Å². The van der Waals surface area contributed by atoms with Gasteiger partial charge in [0.15, 0.2) is 0 Å². The smallest absolute Gasteiger partial charge is 0.144 e. The van der Waals surface area contributed by atoms with Crippen LogP contribution in [0.4, 0.5) is 5.82 Å². The van der Waals surface area contributed by atoms with Crippen molar-refractivity contribution < 1.29 is 0 Å². The molecule has 1 atom stereocenters. The van der Waals surface area contributed by atoms with Crippen LogP contribution in [-0.4, -0.2) is 22.3 Å². The Hall–Kier alpha value is -0.290. The maximum absolute atomic E-state index is 4.86. The second kappa shape index (κ2) is 7.64. The number of hydrogen-bond donors (Lipinski definition) is 1. The molecule has 112 valence electrons. The Morgan fingerprint density at radius 3 is 2.75 bits per heavy atom. The summed E-state index contributed by atoms with van der Waals surface area (Å²) in [5, 5.41) is 3.83. The number of aromatic nitrogens is 2. The van der Waals surface area contributed by atoms with Gasteiger partial charge in [0.25, 0.3) is 0 Å². The van der Waals surface area contributed by atoms with Crippen molar-refractivity contribution in [1.29, 1.82) is 0 Å². The van der Waals surface area contributed by atoms with Gasteiger partial charge in [0.05, 0.1) is 15.4 Å². The zero-order valence-corrected chi connectivity index (χ0v) is 15.0. The van der Waals surface area contributed by atoms with Gasteiger partial charge in [-0.1, -0.05) is 20.3 Å². The molecule has 1 unspecified atom stereocenters. The fraction of sp³-hybridized carbons (Fsp3) is 0.733. The number of nitrogens with zero attached hydrogens (tertiary/aromatic N) is 2. The van der Waals surface area contributed by atoms with Gasteiger partial charge in [0.1, 0.15) is 11.6 Å². The first-order valence-corrected chi connectivity index (χ1v) is 9.37. The summed E-state index contributed by atoms with van der Waals surface area (Å²) in [4.78, 5) is 9.62. The van der Waals surface area contributed by atoms with Crippen LogP contribution in [0, 0.1) is 5.92 Å². The molecule has 2 heterocycles. The van der Waals surface area contributed by atoms with E-state index < -0.39 is 0 Å². The summed E-state index contributed by atoms with van der Waals surface area (Å²) in [6.07, 6.45) is 4.83. The van der Waals surface area contributed by atoms with E-state index in [1.807, 2.05) is 11.8 Å². The van der Waals surface area contributed by atoms with Gasteiger partial charge >= 0.3 is 0 Å². The second-order valence-corrected chi connectivity index (χ2v) is 7.78. The molecule has 2 rings (SSSR count). The van der Waals surface area contributed by atoms with Gasteiger partial charge in [-0.15, -0.1) is 0 Å². The van der Waals surface area contributed by atoms with Crippen molar-refractivity contribution in [2.75, 3.05) is 17.6 Å². The molecule has 1 saturated heterocycles. The Balaban J connectivity index is 2.32. The number of hydrogen-bond acceptors (Lipinski definition) is 4. The van der Waals surface area contributed by atoms with E-state index in [4.69, 9.17) is 9.97 Å². The van der Waals surface area contributed by atoms with Crippen LogP contribution in [0.1, 0.15) is 56.8 Å². The molecule has 5 heteroatoms. The Bertz CT molecular complexity index is 445. The third kappa shape index (κ3) is 4.10. The lowest BCUT2D eigenvalue weighted by atomic mass is 10.1. The van der Waals surface area contributed by atoms with Crippen molar-refractivity contribution in [3.8, 4) is 0 Å². The predicted octanol–water partition coefficient (Wildman–Crippen LogP) is 4.83. The van der Waals surface area contributed by atoms with E-state index in [2.05, 4.69) is 42.0 Å². The van der Waals surface area contributed by atoms with Crippen LogP contribution in [0.15, 0.2) is 4.47 Å². The number of nitrogens with one attached hydrogen (secondary N) is 1. The first-order valence-electron chi connectivity index (χ1n) is 7.53. The second-order valence-electron chi connectivity index (χ2n) is 5.67. The fourth-order valence-corrected chi connectivity index (χ4v) is 4.13. The maximum atomic E-state index is 4.86. The molecule has 1 aromatic heterocycles. The molecule has 3 nitrogen and oxygen atoms in total. The molecule has 0 amide bonds. The topological polar surface area (TPSA) is 37.8 Å². The molecule has 1 N–H and O–H groups in total. The molecule has 0 radical (unpaired) electrons. The Kier molecular flexibility index (Phi) is 6.15. The van der Waals surface area contributed by atoms with Gasteiger partial charge in [0, 0.05) is 6.54 Å². The largest absolute Gasteiger partial charge is 0.369 e. The fourth-order valence-electron chi connectivity index (χ4n) is 2.41. The monoisotopic (exact) mass is 357 g/mol. The number of thioether (sulfide) groups is 1. The van der Waals surface area contributed by atoms with Gasteiger partial charge in [-0.2, -0.15) is 11.8 Å². The minimum atomic E-state index is 0.472. The lowest BCUT2D eigenvalue weighted by Crippen LogP contribution is -2.13. The average molecular weight is 358 g/mol. The molecule has 0 saturated carbocycles. The van der Waals surface area contributed by atoms with Crippen LogP contribution in [0.3, 0.4) is 0 Å². The van der Waals surface area contributed by atoms with Crippen molar-refractivity contribution in [2.24, 2.45) is 5.92 Å². The van der Waals surface area contributed by atoms with Crippen molar-refractivity contribution in [1.82, 2.24) is 9.97 Å². The quantitative estimate of drug-likeness (QED) is 0.818. The molecule has 0 aromatic carbocycles. The highest BCUT2D eigenvalue weighted by Gasteiger charge is 2.22. The molecule has 20 heavy (non-hydrogen) atoms. The summed E-state index contributed by atoms with van der Waals surface area (Å²) in [5.41, 5.74) is 1.15. The Labute approximate surface area is 134 Å². The van der Waals surface area contributed by atoms with Crippen LogP contribution >= 0.6 is 27.7 Å². The highest BCUT2D eigenvalue weighted by atomic mass is 79.9. The van der Waals surface area contributed by atoms with Gasteiger partial charge < -0.3 is 5.32 Å². The zero-order chi connectivity index (χ0) is 14.5. The van der Waals surface area contributed by atoms with E-state index in [1.165, 1.54) is 25.0 Å². The summed E-state index contributed by atoms with van der Waals surface area (Å²) in [7, 11) is 0. The van der Waals surface area contributed by atoms with Gasteiger partial charge in [-0.3, -0.25) is 0 Å². The van der Waals surface area contributed by atoms with E-state index >= 15 is 0 Å². The SMILES string of the molecule is CCNc1nc(C2CCCCS2)nc(CC(C)C)c1Br. The maximum Gasteiger partial charge on any atom is 0.144 e. The molecule has 1 aliphatic heterocycles. The molecule has 0 spiro atoms. The zero-order valence-electron chi connectivity index (χ0n) is 12.6. The molecular weight excluding hydrogens is 334 g/mol. The van der Waals surface area contributed by atoms with Crippen molar-refractivity contribution in [3.05, 3.63) is 16.0 Å². The van der Waals surface area contributed by atoms with E-state index in [9.17, 15) is 0 Å². The number of anilines is 1. The van der Waals surface area contributed by atoms with Crippen LogP contribution in [0.2, 0.25) is 0 Å². The normalized spacial score (nSPS) is 19.4. The third-order valence-electron chi connectivity index (χ3n) is 3.35. The van der Waals surface area contributed by atoms with Crippen LogP contribution in [0.5, 0.6) is 0 Å². The minimum absolute atomic E-state index is 0.472. The molecule has 1 aromatic rings. The molecule has 1 aliphatic rings. The third-order valence-corrected chi connectivity index (χ3v) is 5.56. The lowest BCUT2D eigenvalue weighted by Gasteiger charge is -2.22. The number of halogens is 1. The van der Waals surface area contributed by atoms with E-state index in [-0.39, 0.29) is 0 Å². The van der Waals surface area contributed by atoms with E-state index in [0.717, 1.165) is 34.8 Å². The van der Waals surface area contributed by atoms with Gasteiger partial charge in [0.2, 0.25) is 0 Å². The highest BCUT2D eigenvalue weighted by molar-refractivity contribution is 9.10. The van der Waals surface area contributed by atoms with Gasteiger partial charge in [-0.05, 0) is 53.8 Å². The van der Waals surface area contributed by atoms with Crippen LogP contribution in [-0.2, 0) is 6.42 Å². The molecule has 0 aliphatic carbocycles.